The van der Waals surface area contributed by atoms with Crippen LogP contribution in [0.2, 0.25) is 0 Å². The average Bonchev–Trinajstić information content (AvgIpc) is 3.10. The third kappa shape index (κ3) is 2.99. The number of halogens is 1. The lowest BCUT2D eigenvalue weighted by Crippen LogP contribution is -2.35. The highest BCUT2D eigenvalue weighted by Crippen LogP contribution is 2.35. The summed E-state index contributed by atoms with van der Waals surface area (Å²) in [6.45, 7) is 0.837. The molecule has 2 aliphatic heterocycles. The summed E-state index contributed by atoms with van der Waals surface area (Å²) in [5.74, 6) is -1.05. The Morgan fingerprint density at radius 3 is 3.00 bits per heavy atom. The molecule has 1 aromatic carbocycles. The Bertz CT molecular complexity index is 954. The van der Waals surface area contributed by atoms with E-state index in [1.165, 1.54) is 0 Å². The molecule has 1 aromatic heterocycles. The minimum atomic E-state index is -3.10. The van der Waals surface area contributed by atoms with Crippen LogP contribution in [0.15, 0.2) is 24.7 Å². The fraction of sp³-hybridized carbons (Fsp3) is 0.375. The normalized spacial score (nSPS) is 20.9. The number of hydrogen-bond acceptors (Lipinski definition) is 5. The largest absolute Gasteiger partial charge is 0.488 e. The fourth-order valence-corrected chi connectivity index (χ4v) is 4.88. The molecule has 1 amide bonds. The zero-order valence-corrected chi connectivity index (χ0v) is 14.1. The molecule has 0 spiro atoms. The average molecular weight is 365 g/mol. The van der Waals surface area contributed by atoms with Crippen molar-refractivity contribution in [1.29, 1.82) is 0 Å². The lowest BCUT2D eigenvalue weighted by Gasteiger charge is -2.13. The first-order valence-electron chi connectivity index (χ1n) is 7.91. The van der Waals surface area contributed by atoms with Crippen LogP contribution in [0, 0.1) is 5.82 Å². The number of aromatic nitrogens is 2. The van der Waals surface area contributed by atoms with Crippen molar-refractivity contribution in [2.24, 2.45) is 0 Å². The van der Waals surface area contributed by atoms with Crippen molar-refractivity contribution in [3.05, 3.63) is 36.0 Å². The Kier molecular flexibility index (Phi) is 3.75. The molecular weight excluding hydrogens is 349 g/mol. The summed E-state index contributed by atoms with van der Waals surface area (Å²) in [5.41, 5.74) is 1.25. The SMILES string of the molecule is O=C(N[C@@H]1CCS(=O)(=O)C1)c1cc(F)c2c(c1)-c1cncn1CCO2. The summed E-state index contributed by atoms with van der Waals surface area (Å²) >= 11 is 0. The molecule has 1 atom stereocenters. The quantitative estimate of drug-likeness (QED) is 0.857. The molecule has 0 bridgehead atoms. The van der Waals surface area contributed by atoms with Crippen LogP contribution in [0.5, 0.6) is 5.75 Å². The summed E-state index contributed by atoms with van der Waals surface area (Å²) < 4.78 is 44.8. The van der Waals surface area contributed by atoms with Gasteiger partial charge in [-0.1, -0.05) is 0 Å². The molecule has 132 valence electrons. The number of nitrogens with one attached hydrogen (secondary N) is 1. The second-order valence-electron chi connectivity index (χ2n) is 6.23. The number of carbonyl (C=O) groups excluding carboxylic acids is 1. The standard InChI is InChI=1S/C16H16FN3O4S/c17-13-6-10(16(21)19-11-1-4-25(22,23)8-11)5-12-14-7-18-9-20(14)2-3-24-15(12)13/h5-7,9,11H,1-4,8H2,(H,19,21)/t11-/m1/s1. The lowest BCUT2D eigenvalue weighted by atomic mass is 10.1. The van der Waals surface area contributed by atoms with Crippen molar-refractivity contribution in [1.82, 2.24) is 14.9 Å². The first kappa shape index (κ1) is 16.1. The van der Waals surface area contributed by atoms with Gasteiger partial charge in [-0.3, -0.25) is 4.79 Å². The molecule has 0 saturated carbocycles. The summed E-state index contributed by atoms with van der Waals surface area (Å²) in [7, 11) is -3.10. The van der Waals surface area contributed by atoms with Crippen molar-refractivity contribution in [2.75, 3.05) is 18.1 Å². The van der Waals surface area contributed by atoms with Crippen molar-refractivity contribution >= 4 is 15.7 Å². The van der Waals surface area contributed by atoms with Gasteiger partial charge in [0, 0.05) is 17.2 Å². The van der Waals surface area contributed by atoms with Crippen LogP contribution < -0.4 is 10.1 Å². The first-order chi connectivity index (χ1) is 11.9. The van der Waals surface area contributed by atoms with E-state index in [-0.39, 0.29) is 22.8 Å². The molecular formula is C16H16FN3O4S. The maximum absolute atomic E-state index is 14.5. The van der Waals surface area contributed by atoms with Crippen molar-refractivity contribution in [2.45, 2.75) is 19.0 Å². The van der Waals surface area contributed by atoms with Crippen LogP contribution in [0.3, 0.4) is 0 Å². The number of nitrogens with zero attached hydrogens (tertiary/aromatic N) is 2. The highest BCUT2D eigenvalue weighted by Gasteiger charge is 2.30. The smallest absolute Gasteiger partial charge is 0.251 e. The van der Waals surface area contributed by atoms with E-state index in [0.717, 1.165) is 6.07 Å². The molecule has 1 N–H and O–H groups in total. The zero-order chi connectivity index (χ0) is 17.6. The zero-order valence-electron chi connectivity index (χ0n) is 13.2. The Labute approximate surface area is 143 Å². The van der Waals surface area contributed by atoms with Crippen LogP contribution in [0.1, 0.15) is 16.8 Å². The lowest BCUT2D eigenvalue weighted by molar-refractivity contribution is 0.0940. The van der Waals surface area contributed by atoms with E-state index in [9.17, 15) is 17.6 Å². The molecule has 0 unspecified atom stereocenters. The van der Waals surface area contributed by atoms with Crippen LogP contribution >= 0.6 is 0 Å². The third-order valence-corrected chi connectivity index (χ3v) is 6.21. The molecule has 1 saturated heterocycles. The van der Waals surface area contributed by atoms with E-state index in [0.29, 0.717) is 30.8 Å². The number of fused-ring (bicyclic) bond motifs is 3. The van der Waals surface area contributed by atoms with Gasteiger partial charge in [0.15, 0.2) is 21.4 Å². The molecule has 3 heterocycles. The summed E-state index contributed by atoms with van der Waals surface area (Å²) in [6, 6.07) is 2.22. The molecule has 0 aliphatic carbocycles. The van der Waals surface area contributed by atoms with Gasteiger partial charge in [-0.15, -0.1) is 0 Å². The van der Waals surface area contributed by atoms with Crippen LogP contribution in [0.4, 0.5) is 4.39 Å². The minimum absolute atomic E-state index is 0.0590. The summed E-state index contributed by atoms with van der Waals surface area (Å²) in [4.78, 5) is 16.5. The molecule has 0 radical (unpaired) electrons. The highest BCUT2D eigenvalue weighted by molar-refractivity contribution is 7.91. The van der Waals surface area contributed by atoms with E-state index in [4.69, 9.17) is 4.74 Å². The molecule has 9 heteroatoms. The number of amides is 1. The predicted octanol–water partition coefficient (Wildman–Crippen LogP) is 0.999. The van der Waals surface area contributed by atoms with E-state index in [1.807, 2.05) is 4.57 Å². The minimum Gasteiger partial charge on any atom is -0.488 e. The van der Waals surface area contributed by atoms with E-state index in [1.54, 1.807) is 18.6 Å². The number of carbonyl (C=O) groups is 1. The summed E-state index contributed by atoms with van der Waals surface area (Å²) in [5, 5.41) is 2.67. The number of imidazole rings is 1. The van der Waals surface area contributed by atoms with Gasteiger partial charge in [0.25, 0.3) is 5.91 Å². The van der Waals surface area contributed by atoms with Crippen molar-refractivity contribution in [3.63, 3.8) is 0 Å². The van der Waals surface area contributed by atoms with Gasteiger partial charge in [0.05, 0.1) is 36.3 Å². The van der Waals surface area contributed by atoms with Gasteiger partial charge >= 0.3 is 0 Å². The molecule has 2 aromatic rings. The second kappa shape index (κ2) is 5.83. The van der Waals surface area contributed by atoms with Crippen LogP contribution in [0.25, 0.3) is 11.3 Å². The summed E-state index contributed by atoms with van der Waals surface area (Å²) in [6.07, 6.45) is 3.59. The second-order valence-corrected chi connectivity index (χ2v) is 8.46. The molecule has 4 rings (SSSR count). The van der Waals surface area contributed by atoms with Gasteiger partial charge in [-0.2, -0.15) is 0 Å². The number of ether oxygens (including phenoxy) is 1. The van der Waals surface area contributed by atoms with Gasteiger partial charge in [0.1, 0.15) is 6.61 Å². The van der Waals surface area contributed by atoms with Gasteiger partial charge in [0.2, 0.25) is 0 Å². The highest BCUT2D eigenvalue weighted by atomic mass is 32.2. The Balaban J connectivity index is 1.67. The van der Waals surface area contributed by atoms with E-state index < -0.39 is 27.6 Å². The number of benzene rings is 1. The Morgan fingerprint density at radius 2 is 2.24 bits per heavy atom. The molecule has 7 nitrogen and oxygen atoms in total. The van der Waals surface area contributed by atoms with E-state index >= 15 is 0 Å². The molecule has 25 heavy (non-hydrogen) atoms. The number of hydrogen-bond donors (Lipinski definition) is 1. The van der Waals surface area contributed by atoms with E-state index in [2.05, 4.69) is 10.3 Å². The number of sulfone groups is 1. The predicted molar refractivity (Wildman–Crippen MR) is 87.6 cm³/mol. The first-order valence-corrected chi connectivity index (χ1v) is 9.73. The van der Waals surface area contributed by atoms with Crippen molar-refractivity contribution in [3.8, 4) is 17.0 Å². The van der Waals surface area contributed by atoms with Crippen LogP contribution in [-0.2, 0) is 16.4 Å². The van der Waals surface area contributed by atoms with Gasteiger partial charge in [-0.05, 0) is 18.6 Å². The monoisotopic (exact) mass is 365 g/mol. The van der Waals surface area contributed by atoms with Gasteiger partial charge < -0.3 is 14.6 Å². The van der Waals surface area contributed by atoms with Crippen LogP contribution in [-0.4, -0.2) is 48.0 Å². The number of rotatable bonds is 2. The van der Waals surface area contributed by atoms with Gasteiger partial charge in [-0.25, -0.2) is 17.8 Å². The fourth-order valence-electron chi connectivity index (χ4n) is 3.21. The van der Waals surface area contributed by atoms with Crippen molar-refractivity contribution < 1.29 is 22.3 Å². The maximum atomic E-state index is 14.5. The Hall–Kier alpha value is -2.42. The third-order valence-electron chi connectivity index (χ3n) is 4.44. The topological polar surface area (TPSA) is 90.3 Å². The maximum Gasteiger partial charge on any atom is 0.251 e. The molecule has 1 fully saturated rings. The Morgan fingerprint density at radius 1 is 1.40 bits per heavy atom. The molecule has 2 aliphatic rings.